The molecule has 0 bridgehead atoms. The summed E-state index contributed by atoms with van der Waals surface area (Å²) in [6, 6.07) is 6.00. The summed E-state index contributed by atoms with van der Waals surface area (Å²) in [4.78, 5) is 19.5. The van der Waals surface area contributed by atoms with Crippen molar-refractivity contribution in [3.05, 3.63) is 35.7 Å². The van der Waals surface area contributed by atoms with Gasteiger partial charge in [0.15, 0.2) is 6.29 Å². The molecule has 0 aliphatic carbocycles. The monoisotopic (exact) mass is 275 g/mol. The Kier molecular flexibility index (Phi) is 6.81. The van der Waals surface area contributed by atoms with E-state index < -0.39 is 0 Å². The van der Waals surface area contributed by atoms with E-state index >= 15 is 0 Å². The van der Waals surface area contributed by atoms with Gasteiger partial charge in [-0.15, -0.1) is 0 Å². The maximum Gasteiger partial charge on any atom is 0.166 e. The lowest BCUT2D eigenvalue weighted by molar-refractivity contribution is 0.111. The smallest absolute Gasteiger partial charge is 0.166 e. The topological polar surface area (TPSA) is 51.9 Å². The van der Waals surface area contributed by atoms with Gasteiger partial charge in [-0.1, -0.05) is 13.8 Å². The number of H-pyrrole nitrogens is 2. The normalized spacial score (nSPS) is 10.2. The third-order valence-corrected chi connectivity index (χ3v) is 2.99. The number of nitrogens with zero attached hydrogens (tertiary/aromatic N) is 1. The predicted octanol–water partition coefficient (Wildman–Crippen LogP) is 3.34. The van der Waals surface area contributed by atoms with Crippen molar-refractivity contribution < 1.29 is 4.79 Å². The van der Waals surface area contributed by atoms with Crippen molar-refractivity contribution in [1.82, 2.24) is 14.9 Å². The zero-order valence-electron chi connectivity index (χ0n) is 12.9. The van der Waals surface area contributed by atoms with Gasteiger partial charge in [0, 0.05) is 6.20 Å². The zero-order valence-corrected chi connectivity index (χ0v) is 12.9. The Bertz CT molecular complexity index is 498. The van der Waals surface area contributed by atoms with Crippen molar-refractivity contribution in [3.63, 3.8) is 0 Å². The van der Waals surface area contributed by atoms with E-state index in [1.165, 1.54) is 0 Å². The van der Waals surface area contributed by atoms with Crippen LogP contribution in [-0.2, 0) is 6.42 Å². The van der Waals surface area contributed by atoms with Crippen LogP contribution in [0.5, 0.6) is 0 Å². The van der Waals surface area contributed by atoms with Crippen molar-refractivity contribution >= 4 is 6.29 Å². The molecule has 0 aromatic carbocycles. The van der Waals surface area contributed by atoms with Gasteiger partial charge in [0.25, 0.3) is 0 Å². The third kappa shape index (κ3) is 4.38. The molecule has 0 amide bonds. The first kappa shape index (κ1) is 16.2. The van der Waals surface area contributed by atoms with E-state index in [1.54, 1.807) is 0 Å². The number of hydrogen-bond acceptors (Lipinski definition) is 2. The van der Waals surface area contributed by atoms with Crippen LogP contribution in [0.3, 0.4) is 0 Å². The zero-order chi connectivity index (χ0) is 15.0. The summed E-state index contributed by atoms with van der Waals surface area (Å²) in [5.74, 6) is 0. The van der Waals surface area contributed by atoms with Gasteiger partial charge < -0.3 is 14.9 Å². The summed E-state index contributed by atoms with van der Waals surface area (Å²) in [5, 5.41) is 0. The number of hydrogen-bond donors (Lipinski definition) is 2. The number of rotatable bonds is 6. The fourth-order valence-electron chi connectivity index (χ4n) is 2.05. The van der Waals surface area contributed by atoms with Crippen molar-refractivity contribution in [3.8, 4) is 11.4 Å². The van der Waals surface area contributed by atoms with Crippen LogP contribution in [0.4, 0.5) is 0 Å². The fraction of sp³-hybridized carbons (Fsp3) is 0.438. The SMILES string of the molecule is CC.CN(C)CCCc1cc(-c2ccc[nH]2)[nH]c1C=O. The molecule has 2 heterocycles. The molecule has 0 radical (unpaired) electrons. The first-order valence-electron chi connectivity index (χ1n) is 7.16. The number of carbonyl (C=O) groups excluding carboxylic acids is 1. The number of carbonyl (C=O) groups is 1. The number of aryl methyl sites for hydroxylation is 1. The van der Waals surface area contributed by atoms with E-state index in [-0.39, 0.29) is 0 Å². The lowest BCUT2D eigenvalue weighted by Crippen LogP contribution is -2.13. The van der Waals surface area contributed by atoms with Crippen LogP contribution in [-0.4, -0.2) is 41.8 Å². The van der Waals surface area contributed by atoms with E-state index in [0.29, 0.717) is 5.69 Å². The van der Waals surface area contributed by atoms with Crippen LogP contribution < -0.4 is 0 Å². The number of aldehydes is 1. The fourth-order valence-corrected chi connectivity index (χ4v) is 2.05. The van der Waals surface area contributed by atoms with Crippen LogP contribution in [0, 0.1) is 0 Å². The second kappa shape index (κ2) is 8.38. The van der Waals surface area contributed by atoms with Gasteiger partial charge in [0.05, 0.1) is 17.1 Å². The molecule has 0 aliphatic heterocycles. The molecule has 2 aromatic rings. The van der Waals surface area contributed by atoms with E-state index in [1.807, 2.05) is 32.2 Å². The second-order valence-corrected chi connectivity index (χ2v) is 4.73. The summed E-state index contributed by atoms with van der Waals surface area (Å²) in [6.45, 7) is 5.03. The average molecular weight is 275 g/mol. The Morgan fingerprint density at radius 1 is 1.25 bits per heavy atom. The molecule has 0 atom stereocenters. The van der Waals surface area contributed by atoms with Gasteiger partial charge in [-0.3, -0.25) is 4.79 Å². The van der Waals surface area contributed by atoms with Crippen LogP contribution in [0.25, 0.3) is 11.4 Å². The molecule has 110 valence electrons. The summed E-state index contributed by atoms with van der Waals surface area (Å²) in [7, 11) is 4.12. The van der Waals surface area contributed by atoms with Gasteiger partial charge >= 0.3 is 0 Å². The summed E-state index contributed by atoms with van der Waals surface area (Å²) in [6.07, 6.45) is 4.75. The first-order valence-corrected chi connectivity index (χ1v) is 7.16. The molecule has 20 heavy (non-hydrogen) atoms. The van der Waals surface area contributed by atoms with Gasteiger partial charge in [-0.25, -0.2) is 0 Å². The highest BCUT2D eigenvalue weighted by Gasteiger charge is 2.09. The molecule has 0 unspecified atom stereocenters. The highest BCUT2D eigenvalue weighted by molar-refractivity contribution is 5.77. The Labute approximate surface area is 121 Å². The third-order valence-electron chi connectivity index (χ3n) is 2.99. The van der Waals surface area contributed by atoms with Crippen molar-refractivity contribution in [1.29, 1.82) is 0 Å². The lowest BCUT2D eigenvalue weighted by atomic mass is 10.1. The lowest BCUT2D eigenvalue weighted by Gasteiger charge is -2.08. The maximum atomic E-state index is 11.1. The molecule has 0 saturated carbocycles. The summed E-state index contributed by atoms with van der Waals surface area (Å²) in [5.41, 5.74) is 3.77. The minimum absolute atomic E-state index is 0.693. The molecule has 4 heteroatoms. The van der Waals surface area contributed by atoms with Crippen molar-refractivity contribution in [2.45, 2.75) is 26.7 Å². The predicted molar refractivity (Wildman–Crippen MR) is 84.2 cm³/mol. The highest BCUT2D eigenvalue weighted by Crippen LogP contribution is 2.20. The Morgan fingerprint density at radius 3 is 2.55 bits per heavy atom. The molecule has 0 aliphatic rings. The van der Waals surface area contributed by atoms with Crippen LogP contribution in [0.2, 0.25) is 0 Å². The van der Waals surface area contributed by atoms with Gasteiger partial charge in [0.1, 0.15) is 0 Å². The molecule has 2 rings (SSSR count). The minimum Gasteiger partial charge on any atom is -0.360 e. The maximum absolute atomic E-state index is 11.1. The van der Waals surface area contributed by atoms with Crippen molar-refractivity contribution in [2.24, 2.45) is 0 Å². The molecule has 2 aromatic heterocycles. The van der Waals surface area contributed by atoms with Crippen molar-refractivity contribution in [2.75, 3.05) is 20.6 Å². The second-order valence-electron chi connectivity index (χ2n) is 4.73. The van der Waals surface area contributed by atoms with Gasteiger partial charge in [-0.05, 0) is 57.2 Å². The summed E-state index contributed by atoms with van der Waals surface area (Å²) < 4.78 is 0. The number of aromatic amines is 2. The largest absolute Gasteiger partial charge is 0.360 e. The average Bonchev–Trinajstić information content (AvgIpc) is 3.09. The van der Waals surface area contributed by atoms with Crippen LogP contribution >= 0.6 is 0 Å². The van der Waals surface area contributed by atoms with Crippen LogP contribution in [0.1, 0.15) is 36.3 Å². The molecular weight excluding hydrogens is 250 g/mol. The Hall–Kier alpha value is -1.81. The molecule has 0 fully saturated rings. The molecule has 0 spiro atoms. The Balaban J connectivity index is 0.000000956. The number of aromatic nitrogens is 2. The van der Waals surface area contributed by atoms with E-state index in [2.05, 4.69) is 35.0 Å². The minimum atomic E-state index is 0.693. The van der Waals surface area contributed by atoms with E-state index in [9.17, 15) is 4.79 Å². The molecule has 0 saturated heterocycles. The Morgan fingerprint density at radius 2 is 2.00 bits per heavy atom. The number of nitrogens with one attached hydrogen (secondary N) is 2. The quantitative estimate of drug-likeness (QED) is 0.794. The molecule has 4 nitrogen and oxygen atoms in total. The first-order chi connectivity index (χ1) is 9.70. The van der Waals surface area contributed by atoms with Gasteiger partial charge in [0.2, 0.25) is 0 Å². The highest BCUT2D eigenvalue weighted by atomic mass is 16.1. The standard InChI is InChI=1S/C14H19N3O.C2H6/c1-17(2)8-4-5-11-9-13(16-14(11)10-18)12-6-3-7-15-12;1-2/h3,6-7,9-10,15-16H,4-5,8H2,1-2H3;1-2H3. The van der Waals surface area contributed by atoms with Crippen LogP contribution in [0.15, 0.2) is 24.4 Å². The molecular formula is C16H25N3O. The van der Waals surface area contributed by atoms with Gasteiger partial charge in [-0.2, -0.15) is 0 Å². The summed E-state index contributed by atoms with van der Waals surface area (Å²) >= 11 is 0. The van der Waals surface area contributed by atoms with E-state index in [4.69, 9.17) is 0 Å². The molecule has 2 N–H and O–H groups in total. The van der Waals surface area contributed by atoms with E-state index in [0.717, 1.165) is 42.6 Å².